The molecule has 25 heavy (non-hydrogen) atoms. The van der Waals surface area contributed by atoms with E-state index in [0.717, 1.165) is 19.4 Å². The van der Waals surface area contributed by atoms with Crippen LogP contribution in [-0.4, -0.2) is 39.7 Å². The Labute approximate surface area is 163 Å². The number of carbonyl (C=O) groups is 1. The van der Waals surface area contributed by atoms with E-state index in [1.54, 1.807) is 35.3 Å². The predicted molar refractivity (Wildman–Crippen MR) is 103 cm³/mol. The fourth-order valence-electron chi connectivity index (χ4n) is 3.14. The maximum absolute atomic E-state index is 12.8. The van der Waals surface area contributed by atoms with E-state index >= 15 is 0 Å². The molecule has 2 heterocycles. The van der Waals surface area contributed by atoms with Crippen LogP contribution in [0.15, 0.2) is 30.6 Å². The molecule has 1 aliphatic heterocycles. The average Bonchev–Trinajstić information content (AvgIpc) is 3.03. The maximum Gasteiger partial charge on any atom is 0.257 e. The van der Waals surface area contributed by atoms with Gasteiger partial charge in [0, 0.05) is 30.4 Å². The Balaban J connectivity index is 0.00000225. The minimum absolute atomic E-state index is 0. The highest BCUT2D eigenvalue weighted by molar-refractivity contribution is 6.35. The smallest absolute Gasteiger partial charge is 0.257 e. The van der Waals surface area contributed by atoms with Crippen molar-refractivity contribution in [1.29, 1.82) is 0 Å². The third-order valence-corrected chi connectivity index (χ3v) is 5.03. The van der Waals surface area contributed by atoms with Crippen molar-refractivity contribution in [2.75, 3.05) is 13.1 Å². The minimum Gasteiger partial charge on any atom is -0.334 e. The van der Waals surface area contributed by atoms with Crippen LogP contribution in [0.1, 0.15) is 30.1 Å². The van der Waals surface area contributed by atoms with Gasteiger partial charge < -0.3 is 10.6 Å². The first-order chi connectivity index (χ1) is 11.5. The van der Waals surface area contributed by atoms with Gasteiger partial charge in [-0.15, -0.1) is 12.4 Å². The molecule has 0 spiro atoms. The lowest BCUT2D eigenvalue weighted by Crippen LogP contribution is -2.49. The molecule has 136 valence electrons. The van der Waals surface area contributed by atoms with Gasteiger partial charge in [0.1, 0.15) is 0 Å². The highest BCUT2D eigenvalue weighted by Gasteiger charge is 2.30. The Morgan fingerprint density at radius 1 is 1.40 bits per heavy atom. The molecular formula is C17H21Cl3N4O. The zero-order valence-corrected chi connectivity index (χ0v) is 16.2. The Kier molecular flexibility index (Phi) is 6.74. The summed E-state index contributed by atoms with van der Waals surface area (Å²) < 4.78 is 1.59. The molecule has 0 saturated carbocycles. The van der Waals surface area contributed by atoms with Crippen molar-refractivity contribution in [2.24, 2.45) is 11.7 Å². The zero-order chi connectivity index (χ0) is 17.3. The summed E-state index contributed by atoms with van der Waals surface area (Å²) in [5.41, 5.74) is 7.08. The molecule has 2 atom stereocenters. The molecule has 2 unspecified atom stereocenters. The summed E-state index contributed by atoms with van der Waals surface area (Å²) in [4.78, 5) is 14.7. The van der Waals surface area contributed by atoms with Gasteiger partial charge in [0.15, 0.2) is 0 Å². The second-order valence-electron chi connectivity index (χ2n) is 6.29. The molecule has 0 aliphatic carbocycles. The van der Waals surface area contributed by atoms with Gasteiger partial charge in [-0.2, -0.15) is 5.10 Å². The number of hydrogen-bond donors (Lipinski definition) is 1. The van der Waals surface area contributed by atoms with Crippen molar-refractivity contribution < 1.29 is 4.79 Å². The molecule has 8 heteroatoms. The largest absolute Gasteiger partial charge is 0.334 e. The summed E-state index contributed by atoms with van der Waals surface area (Å²) in [6, 6.07) is 5.25. The number of nitrogens with zero attached hydrogens (tertiary/aromatic N) is 3. The van der Waals surface area contributed by atoms with Gasteiger partial charge in [-0.25, -0.2) is 4.68 Å². The Hall–Kier alpha value is -1.27. The number of piperidine rings is 1. The number of halogens is 3. The predicted octanol–water partition coefficient (Wildman–Crippen LogP) is 3.80. The van der Waals surface area contributed by atoms with Gasteiger partial charge in [0.05, 0.1) is 22.5 Å². The molecule has 0 bridgehead atoms. The maximum atomic E-state index is 12.8. The molecule has 2 aromatic rings. The number of nitrogens with two attached hydrogens (primary N) is 1. The van der Waals surface area contributed by atoms with Crippen LogP contribution >= 0.6 is 35.6 Å². The number of benzene rings is 1. The lowest BCUT2D eigenvalue weighted by Gasteiger charge is -2.37. The number of amides is 1. The molecule has 0 radical (unpaired) electrons. The van der Waals surface area contributed by atoms with Gasteiger partial charge in [-0.1, -0.05) is 30.1 Å². The molecule has 5 nitrogen and oxygen atoms in total. The quantitative estimate of drug-likeness (QED) is 0.847. The van der Waals surface area contributed by atoms with Crippen LogP contribution < -0.4 is 5.73 Å². The average molecular weight is 404 g/mol. The second kappa shape index (κ2) is 8.41. The SMILES string of the molecule is CC1CCN(C(=O)c2cnn(-c3ccc(Cl)cc3Cl)c2)C(CN)C1.Cl. The van der Waals surface area contributed by atoms with Crippen LogP contribution in [0.25, 0.3) is 5.69 Å². The van der Waals surface area contributed by atoms with Crippen molar-refractivity contribution in [3.63, 3.8) is 0 Å². The fourth-order valence-corrected chi connectivity index (χ4v) is 3.64. The Bertz CT molecular complexity index is 749. The third-order valence-electron chi connectivity index (χ3n) is 4.50. The number of hydrogen-bond acceptors (Lipinski definition) is 3. The van der Waals surface area contributed by atoms with E-state index in [1.165, 1.54) is 0 Å². The van der Waals surface area contributed by atoms with Crippen LogP contribution in [0.4, 0.5) is 0 Å². The number of rotatable bonds is 3. The van der Waals surface area contributed by atoms with Crippen molar-refractivity contribution in [3.05, 3.63) is 46.2 Å². The summed E-state index contributed by atoms with van der Waals surface area (Å²) in [6.07, 6.45) is 5.21. The van der Waals surface area contributed by atoms with Crippen LogP contribution in [-0.2, 0) is 0 Å². The highest BCUT2D eigenvalue weighted by atomic mass is 35.5. The Morgan fingerprint density at radius 3 is 2.84 bits per heavy atom. The lowest BCUT2D eigenvalue weighted by molar-refractivity contribution is 0.0573. The summed E-state index contributed by atoms with van der Waals surface area (Å²) in [5.74, 6) is 0.562. The third kappa shape index (κ3) is 4.29. The van der Waals surface area contributed by atoms with Crippen molar-refractivity contribution in [1.82, 2.24) is 14.7 Å². The van der Waals surface area contributed by atoms with E-state index in [2.05, 4.69) is 12.0 Å². The zero-order valence-electron chi connectivity index (χ0n) is 13.9. The lowest BCUT2D eigenvalue weighted by atomic mass is 9.92. The summed E-state index contributed by atoms with van der Waals surface area (Å²) in [7, 11) is 0. The molecule has 1 saturated heterocycles. The standard InChI is InChI=1S/C17H20Cl2N4O.ClH/c1-11-4-5-22(14(6-11)8-20)17(24)12-9-21-23(10-12)16-3-2-13(18)7-15(16)19;/h2-3,7,9-11,14H,4-6,8,20H2,1H3;1H. The number of likely N-dealkylation sites (tertiary alicyclic amines) is 1. The normalized spacial score (nSPS) is 20.2. The molecule has 1 aromatic heterocycles. The fraction of sp³-hybridized carbons (Fsp3) is 0.412. The molecule has 1 aromatic carbocycles. The van der Waals surface area contributed by atoms with Crippen molar-refractivity contribution in [3.8, 4) is 5.69 Å². The topological polar surface area (TPSA) is 64.2 Å². The van der Waals surface area contributed by atoms with E-state index in [-0.39, 0.29) is 24.4 Å². The van der Waals surface area contributed by atoms with E-state index in [1.807, 2.05) is 4.90 Å². The van der Waals surface area contributed by atoms with E-state index in [9.17, 15) is 4.79 Å². The monoisotopic (exact) mass is 402 g/mol. The van der Waals surface area contributed by atoms with Crippen LogP contribution in [0.2, 0.25) is 10.0 Å². The van der Waals surface area contributed by atoms with Crippen LogP contribution in [0.5, 0.6) is 0 Å². The van der Waals surface area contributed by atoms with Crippen LogP contribution in [0, 0.1) is 5.92 Å². The van der Waals surface area contributed by atoms with E-state index in [4.69, 9.17) is 28.9 Å². The van der Waals surface area contributed by atoms with E-state index in [0.29, 0.717) is 33.8 Å². The Morgan fingerprint density at radius 2 is 2.16 bits per heavy atom. The van der Waals surface area contributed by atoms with Gasteiger partial charge in [0.2, 0.25) is 0 Å². The first-order valence-electron chi connectivity index (χ1n) is 8.00. The van der Waals surface area contributed by atoms with Gasteiger partial charge in [-0.05, 0) is 37.0 Å². The second-order valence-corrected chi connectivity index (χ2v) is 7.13. The summed E-state index contributed by atoms with van der Waals surface area (Å²) in [6.45, 7) is 3.41. The number of aromatic nitrogens is 2. The minimum atomic E-state index is -0.0336. The molecule has 3 rings (SSSR count). The highest BCUT2D eigenvalue weighted by Crippen LogP contribution is 2.26. The van der Waals surface area contributed by atoms with Crippen LogP contribution in [0.3, 0.4) is 0 Å². The first kappa shape index (κ1) is 20.0. The number of carbonyl (C=O) groups excluding carboxylic acids is 1. The van der Waals surface area contributed by atoms with Crippen molar-refractivity contribution >= 4 is 41.5 Å². The van der Waals surface area contributed by atoms with Crippen molar-refractivity contribution in [2.45, 2.75) is 25.8 Å². The summed E-state index contributed by atoms with van der Waals surface area (Å²) in [5, 5.41) is 5.31. The van der Waals surface area contributed by atoms with Gasteiger partial charge >= 0.3 is 0 Å². The van der Waals surface area contributed by atoms with Gasteiger partial charge in [-0.3, -0.25) is 4.79 Å². The first-order valence-corrected chi connectivity index (χ1v) is 8.76. The molecular weight excluding hydrogens is 383 g/mol. The van der Waals surface area contributed by atoms with E-state index < -0.39 is 0 Å². The molecule has 1 amide bonds. The molecule has 1 aliphatic rings. The summed E-state index contributed by atoms with van der Waals surface area (Å²) >= 11 is 12.1. The molecule has 1 fully saturated rings. The van der Waals surface area contributed by atoms with Gasteiger partial charge in [0.25, 0.3) is 5.91 Å². The molecule has 2 N–H and O–H groups in total.